The van der Waals surface area contributed by atoms with Gasteiger partial charge < -0.3 is 15.3 Å². The van der Waals surface area contributed by atoms with Crippen LogP contribution in [-0.2, 0) is 4.79 Å². The zero-order chi connectivity index (χ0) is 14.4. The Hall–Kier alpha value is -2.44. The van der Waals surface area contributed by atoms with Crippen molar-refractivity contribution >= 4 is 17.8 Å². The van der Waals surface area contributed by atoms with Gasteiger partial charge >= 0.3 is 5.97 Å². The summed E-state index contributed by atoms with van der Waals surface area (Å²) in [6, 6.07) is 2.76. The van der Waals surface area contributed by atoms with E-state index in [-0.39, 0.29) is 30.1 Å². The number of carboxylic acids is 1. The Balaban J connectivity index is 2.82. The van der Waals surface area contributed by atoms with E-state index in [9.17, 15) is 14.4 Å². The molecule has 0 aromatic carbocycles. The van der Waals surface area contributed by atoms with Crippen LogP contribution in [0, 0.1) is 0 Å². The van der Waals surface area contributed by atoms with Crippen LogP contribution in [0.4, 0.5) is 0 Å². The fourth-order valence-electron chi connectivity index (χ4n) is 1.42. The smallest absolute Gasteiger partial charge is 0.338 e. The zero-order valence-corrected chi connectivity index (χ0v) is 10.7. The van der Waals surface area contributed by atoms with Gasteiger partial charge in [-0.3, -0.25) is 14.6 Å². The Morgan fingerprint density at radius 2 is 2.11 bits per heavy atom. The highest BCUT2D eigenvalue weighted by atomic mass is 16.4. The average molecular weight is 265 g/mol. The Morgan fingerprint density at radius 1 is 1.42 bits per heavy atom. The van der Waals surface area contributed by atoms with Gasteiger partial charge in [0.2, 0.25) is 5.91 Å². The summed E-state index contributed by atoms with van der Waals surface area (Å²) in [5.74, 6) is -1.93. The van der Waals surface area contributed by atoms with Crippen LogP contribution in [0.1, 0.15) is 27.3 Å². The second-order valence-corrected chi connectivity index (χ2v) is 3.85. The summed E-state index contributed by atoms with van der Waals surface area (Å²) in [4.78, 5) is 39.2. The van der Waals surface area contributed by atoms with Gasteiger partial charge in [0.25, 0.3) is 5.91 Å². The molecule has 2 amide bonds. The van der Waals surface area contributed by atoms with Crippen LogP contribution < -0.4 is 5.32 Å². The molecule has 0 saturated carbocycles. The number of nitrogens with zero attached hydrogens (tertiary/aromatic N) is 2. The van der Waals surface area contributed by atoms with E-state index in [1.54, 1.807) is 0 Å². The number of nitrogens with one attached hydrogen (secondary N) is 1. The molecule has 2 N–H and O–H groups in total. The molecule has 0 fully saturated rings. The van der Waals surface area contributed by atoms with E-state index in [4.69, 9.17) is 5.11 Å². The molecule has 1 aromatic rings. The zero-order valence-electron chi connectivity index (χ0n) is 10.7. The predicted octanol–water partition coefficient (Wildman–Crippen LogP) is -0.0121. The van der Waals surface area contributed by atoms with Crippen molar-refractivity contribution in [1.82, 2.24) is 15.2 Å². The second kappa shape index (κ2) is 6.48. The Bertz CT molecular complexity index is 502. The summed E-state index contributed by atoms with van der Waals surface area (Å²) in [5, 5.41) is 11.4. The van der Waals surface area contributed by atoms with Crippen LogP contribution in [-0.4, -0.2) is 53.4 Å². The molecule has 0 atom stereocenters. The Morgan fingerprint density at radius 3 is 2.68 bits per heavy atom. The Kier molecular flexibility index (Phi) is 4.99. The summed E-state index contributed by atoms with van der Waals surface area (Å²) in [6.45, 7) is 0.189. The van der Waals surface area contributed by atoms with Crippen LogP contribution in [0.15, 0.2) is 18.3 Å². The summed E-state index contributed by atoms with van der Waals surface area (Å²) < 4.78 is 0. The second-order valence-electron chi connectivity index (χ2n) is 3.85. The SMILES string of the molecule is CNC(=O)CCN(C)C(=O)c1ncccc1C(=O)O. The summed E-state index contributed by atoms with van der Waals surface area (Å²) in [6.07, 6.45) is 1.50. The molecular formula is C12H15N3O4. The largest absolute Gasteiger partial charge is 0.478 e. The van der Waals surface area contributed by atoms with Crippen LogP contribution in [0.25, 0.3) is 0 Å². The molecule has 0 saturated heterocycles. The highest BCUT2D eigenvalue weighted by molar-refractivity contribution is 6.03. The van der Waals surface area contributed by atoms with Crippen LogP contribution in [0.2, 0.25) is 0 Å². The molecule has 0 bridgehead atoms. The van der Waals surface area contributed by atoms with Gasteiger partial charge in [0, 0.05) is 33.3 Å². The highest BCUT2D eigenvalue weighted by Gasteiger charge is 2.20. The number of aromatic carboxylic acids is 1. The van der Waals surface area contributed by atoms with Crippen molar-refractivity contribution in [2.45, 2.75) is 6.42 Å². The van der Waals surface area contributed by atoms with E-state index < -0.39 is 11.9 Å². The quantitative estimate of drug-likeness (QED) is 0.780. The number of carbonyl (C=O) groups excluding carboxylic acids is 2. The minimum atomic E-state index is -1.21. The third-order valence-corrected chi connectivity index (χ3v) is 2.54. The highest BCUT2D eigenvalue weighted by Crippen LogP contribution is 2.08. The third kappa shape index (κ3) is 3.77. The van der Waals surface area contributed by atoms with E-state index in [1.165, 1.54) is 37.3 Å². The molecule has 1 heterocycles. The van der Waals surface area contributed by atoms with Crippen LogP contribution in [0.5, 0.6) is 0 Å². The number of hydrogen-bond acceptors (Lipinski definition) is 4. The summed E-state index contributed by atoms with van der Waals surface area (Å²) in [7, 11) is 3.00. The van der Waals surface area contributed by atoms with Crippen LogP contribution >= 0.6 is 0 Å². The van der Waals surface area contributed by atoms with Gasteiger partial charge in [-0.1, -0.05) is 0 Å². The van der Waals surface area contributed by atoms with Crippen molar-refractivity contribution in [3.63, 3.8) is 0 Å². The van der Waals surface area contributed by atoms with E-state index in [1.807, 2.05) is 0 Å². The van der Waals surface area contributed by atoms with Gasteiger partial charge in [0.1, 0.15) is 5.69 Å². The normalized spacial score (nSPS) is 9.79. The standard InChI is InChI=1S/C12H15N3O4/c1-13-9(16)5-7-15(2)11(17)10-8(12(18)19)4-3-6-14-10/h3-4,6H,5,7H2,1-2H3,(H,13,16)(H,18,19). The lowest BCUT2D eigenvalue weighted by atomic mass is 10.1. The van der Waals surface area contributed by atoms with Gasteiger partial charge in [-0.15, -0.1) is 0 Å². The van der Waals surface area contributed by atoms with Crippen molar-refractivity contribution in [2.24, 2.45) is 0 Å². The number of carboxylic acid groups (broad SMARTS) is 1. The van der Waals surface area contributed by atoms with E-state index >= 15 is 0 Å². The minimum absolute atomic E-state index is 0.130. The lowest BCUT2D eigenvalue weighted by Crippen LogP contribution is -2.32. The van der Waals surface area contributed by atoms with Crippen molar-refractivity contribution in [2.75, 3.05) is 20.6 Å². The van der Waals surface area contributed by atoms with E-state index in [0.717, 1.165) is 0 Å². The Labute approximate surface area is 110 Å². The number of hydrogen-bond donors (Lipinski definition) is 2. The fourth-order valence-corrected chi connectivity index (χ4v) is 1.42. The van der Waals surface area contributed by atoms with Gasteiger partial charge in [0.15, 0.2) is 0 Å². The molecule has 1 rings (SSSR count). The van der Waals surface area contributed by atoms with Crippen molar-refractivity contribution in [1.29, 1.82) is 0 Å². The first-order valence-electron chi connectivity index (χ1n) is 5.61. The molecule has 1 aromatic heterocycles. The molecule has 0 spiro atoms. The summed E-state index contributed by atoms with van der Waals surface area (Å²) in [5.41, 5.74) is -0.284. The predicted molar refractivity (Wildman–Crippen MR) is 66.8 cm³/mol. The minimum Gasteiger partial charge on any atom is -0.478 e. The molecule has 7 nitrogen and oxygen atoms in total. The average Bonchev–Trinajstić information content (AvgIpc) is 2.43. The maximum Gasteiger partial charge on any atom is 0.338 e. The van der Waals surface area contributed by atoms with Crippen molar-refractivity contribution < 1.29 is 19.5 Å². The number of carbonyl (C=O) groups is 3. The first kappa shape index (κ1) is 14.6. The maximum atomic E-state index is 12.0. The number of rotatable bonds is 5. The molecule has 102 valence electrons. The maximum absolute atomic E-state index is 12.0. The van der Waals surface area contributed by atoms with Gasteiger partial charge in [0.05, 0.1) is 5.56 Å². The molecule has 0 aliphatic heterocycles. The summed E-state index contributed by atoms with van der Waals surface area (Å²) >= 11 is 0. The van der Waals surface area contributed by atoms with Gasteiger partial charge in [-0.05, 0) is 12.1 Å². The van der Waals surface area contributed by atoms with E-state index in [0.29, 0.717) is 0 Å². The monoisotopic (exact) mass is 265 g/mol. The molecule has 0 aliphatic carbocycles. The molecule has 0 aliphatic rings. The molecule has 0 unspecified atom stereocenters. The molecule has 7 heteroatoms. The van der Waals surface area contributed by atoms with Gasteiger partial charge in [-0.25, -0.2) is 4.79 Å². The first-order valence-corrected chi connectivity index (χ1v) is 5.61. The third-order valence-electron chi connectivity index (χ3n) is 2.54. The van der Waals surface area contributed by atoms with Crippen molar-refractivity contribution in [3.05, 3.63) is 29.6 Å². The lowest BCUT2D eigenvalue weighted by Gasteiger charge is -2.16. The first-order chi connectivity index (χ1) is 8.97. The molecular weight excluding hydrogens is 250 g/mol. The van der Waals surface area contributed by atoms with Gasteiger partial charge in [-0.2, -0.15) is 0 Å². The lowest BCUT2D eigenvalue weighted by molar-refractivity contribution is -0.120. The fraction of sp³-hybridized carbons (Fsp3) is 0.333. The molecule has 0 radical (unpaired) electrons. The number of pyridine rings is 1. The van der Waals surface area contributed by atoms with E-state index in [2.05, 4.69) is 10.3 Å². The molecule has 19 heavy (non-hydrogen) atoms. The topological polar surface area (TPSA) is 99.6 Å². The van der Waals surface area contributed by atoms with Crippen molar-refractivity contribution in [3.8, 4) is 0 Å². The number of aromatic nitrogens is 1. The number of amides is 2. The van der Waals surface area contributed by atoms with Crippen LogP contribution in [0.3, 0.4) is 0 Å².